The van der Waals surface area contributed by atoms with Gasteiger partial charge in [0.25, 0.3) is 0 Å². The first-order chi connectivity index (χ1) is 13.3. The van der Waals surface area contributed by atoms with Gasteiger partial charge in [0.05, 0.1) is 4.90 Å². The highest BCUT2D eigenvalue weighted by Crippen LogP contribution is 2.27. The number of sulfonamides is 1. The van der Waals surface area contributed by atoms with Gasteiger partial charge in [0.15, 0.2) is 0 Å². The lowest BCUT2D eigenvalue weighted by molar-refractivity contribution is -0.133. The minimum Gasteiger partial charge on any atom is -0.340 e. The van der Waals surface area contributed by atoms with E-state index >= 15 is 0 Å². The van der Waals surface area contributed by atoms with Gasteiger partial charge in [-0.1, -0.05) is 48.9 Å². The molecule has 0 N–H and O–H groups in total. The third-order valence-corrected chi connectivity index (χ3v) is 7.27. The molecule has 1 unspecified atom stereocenters. The summed E-state index contributed by atoms with van der Waals surface area (Å²) in [5.41, 5.74) is 3.30. The second kappa shape index (κ2) is 8.45. The lowest BCUT2D eigenvalue weighted by Crippen LogP contribution is -2.46. The molecule has 0 radical (unpaired) electrons. The molecule has 0 saturated carbocycles. The molecule has 0 spiro atoms. The van der Waals surface area contributed by atoms with Crippen molar-refractivity contribution in [3.8, 4) is 0 Å². The summed E-state index contributed by atoms with van der Waals surface area (Å²) in [4.78, 5) is 14.9. The van der Waals surface area contributed by atoms with Gasteiger partial charge in [0.1, 0.15) is 6.04 Å². The van der Waals surface area contributed by atoms with E-state index in [4.69, 9.17) is 0 Å². The van der Waals surface area contributed by atoms with Gasteiger partial charge in [0, 0.05) is 20.1 Å². The fourth-order valence-electron chi connectivity index (χ4n) is 3.61. The second-order valence-electron chi connectivity index (χ2n) is 7.45. The Morgan fingerprint density at radius 1 is 1.07 bits per heavy atom. The third-order valence-electron chi connectivity index (χ3n) is 5.34. The molecule has 2 aromatic carbocycles. The maximum absolute atomic E-state index is 13.1. The van der Waals surface area contributed by atoms with Crippen LogP contribution in [0, 0.1) is 6.92 Å². The average molecular weight is 401 g/mol. The molecule has 1 atom stereocenters. The Bertz CT molecular complexity index is 921. The van der Waals surface area contributed by atoms with Crippen LogP contribution in [0.15, 0.2) is 53.4 Å². The van der Waals surface area contributed by atoms with Crippen LogP contribution in [-0.2, 0) is 27.8 Å². The lowest BCUT2D eigenvalue weighted by Gasteiger charge is -2.27. The summed E-state index contributed by atoms with van der Waals surface area (Å²) < 4.78 is 27.5. The van der Waals surface area contributed by atoms with Crippen LogP contribution in [0.3, 0.4) is 0 Å². The molecule has 1 saturated heterocycles. The standard InChI is InChI=1S/C22H28N2O3S/c1-4-18-9-11-19(12-10-18)16-23(3)22(25)21-6-5-15-24(21)28(26,27)20-13-7-17(2)8-14-20/h7-14,21H,4-6,15-16H2,1-3H3. The van der Waals surface area contributed by atoms with Crippen molar-refractivity contribution in [1.82, 2.24) is 9.21 Å². The minimum atomic E-state index is -3.68. The summed E-state index contributed by atoms with van der Waals surface area (Å²) in [6, 6.07) is 14.3. The van der Waals surface area contributed by atoms with E-state index in [1.54, 1.807) is 36.2 Å². The second-order valence-corrected chi connectivity index (χ2v) is 9.34. The van der Waals surface area contributed by atoms with E-state index in [1.807, 2.05) is 19.1 Å². The van der Waals surface area contributed by atoms with Gasteiger partial charge in [0.2, 0.25) is 15.9 Å². The van der Waals surface area contributed by atoms with Crippen molar-refractivity contribution in [3.63, 3.8) is 0 Å². The number of likely N-dealkylation sites (N-methyl/N-ethyl adjacent to an activating group) is 1. The third kappa shape index (κ3) is 4.28. The first-order valence-corrected chi connectivity index (χ1v) is 11.2. The van der Waals surface area contributed by atoms with Crippen molar-refractivity contribution in [2.75, 3.05) is 13.6 Å². The molecule has 3 rings (SSSR count). The Hall–Kier alpha value is -2.18. The Kier molecular flexibility index (Phi) is 6.20. The summed E-state index contributed by atoms with van der Waals surface area (Å²) in [5, 5.41) is 0. The highest BCUT2D eigenvalue weighted by Gasteiger charge is 2.40. The van der Waals surface area contributed by atoms with Crippen LogP contribution in [-0.4, -0.2) is 43.2 Å². The van der Waals surface area contributed by atoms with E-state index in [2.05, 4.69) is 19.1 Å². The van der Waals surface area contributed by atoms with Gasteiger partial charge in [-0.05, 0) is 49.4 Å². The van der Waals surface area contributed by atoms with Gasteiger partial charge in [-0.25, -0.2) is 8.42 Å². The molecule has 2 aromatic rings. The number of carbonyl (C=O) groups is 1. The molecule has 0 aliphatic carbocycles. The smallest absolute Gasteiger partial charge is 0.243 e. The van der Waals surface area contributed by atoms with Crippen molar-refractivity contribution in [3.05, 3.63) is 65.2 Å². The number of aryl methyl sites for hydroxylation is 2. The molecule has 1 aliphatic heterocycles. The molecule has 1 aliphatic rings. The molecular weight excluding hydrogens is 372 g/mol. The zero-order chi connectivity index (χ0) is 20.3. The van der Waals surface area contributed by atoms with Gasteiger partial charge >= 0.3 is 0 Å². The van der Waals surface area contributed by atoms with E-state index in [-0.39, 0.29) is 10.8 Å². The summed E-state index contributed by atoms with van der Waals surface area (Å²) >= 11 is 0. The molecule has 1 amide bonds. The fourth-order valence-corrected chi connectivity index (χ4v) is 5.26. The molecule has 6 heteroatoms. The van der Waals surface area contributed by atoms with Gasteiger partial charge in [-0.3, -0.25) is 4.79 Å². The number of rotatable bonds is 6. The normalized spacial score (nSPS) is 17.6. The first-order valence-electron chi connectivity index (χ1n) is 9.74. The number of benzene rings is 2. The van der Waals surface area contributed by atoms with Gasteiger partial charge in [-0.2, -0.15) is 4.31 Å². The van der Waals surface area contributed by atoms with E-state index < -0.39 is 16.1 Å². The highest BCUT2D eigenvalue weighted by atomic mass is 32.2. The SMILES string of the molecule is CCc1ccc(CN(C)C(=O)C2CCCN2S(=O)(=O)c2ccc(C)cc2)cc1. The van der Waals surface area contributed by atoms with Crippen LogP contribution in [0.25, 0.3) is 0 Å². The largest absolute Gasteiger partial charge is 0.340 e. The van der Waals surface area contributed by atoms with Crippen molar-refractivity contribution < 1.29 is 13.2 Å². The number of nitrogens with zero attached hydrogens (tertiary/aromatic N) is 2. The van der Waals surface area contributed by atoms with E-state index in [0.717, 1.165) is 17.5 Å². The zero-order valence-corrected chi connectivity index (χ0v) is 17.6. The Morgan fingerprint density at radius 2 is 1.68 bits per heavy atom. The van der Waals surface area contributed by atoms with Crippen LogP contribution in [0.1, 0.15) is 36.5 Å². The van der Waals surface area contributed by atoms with E-state index in [1.165, 1.54) is 9.87 Å². The highest BCUT2D eigenvalue weighted by molar-refractivity contribution is 7.89. The fraction of sp³-hybridized carbons (Fsp3) is 0.409. The van der Waals surface area contributed by atoms with Crippen molar-refractivity contribution >= 4 is 15.9 Å². The van der Waals surface area contributed by atoms with Crippen LogP contribution in [0.2, 0.25) is 0 Å². The van der Waals surface area contributed by atoms with Crippen LogP contribution in [0.5, 0.6) is 0 Å². The molecule has 1 heterocycles. The van der Waals surface area contributed by atoms with Gasteiger partial charge in [-0.15, -0.1) is 0 Å². The Morgan fingerprint density at radius 3 is 2.29 bits per heavy atom. The maximum Gasteiger partial charge on any atom is 0.243 e. The predicted octanol–water partition coefficient (Wildman–Crippen LogP) is 3.37. The van der Waals surface area contributed by atoms with Crippen molar-refractivity contribution in [2.45, 2.75) is 50.6 Å². The molecule has 150 valence electrons. The van der Waals surface area contributed by atoms with E-state index in [9.17, 15) is 13.2 Å². The topological polar surface area (TPSA) is 57.7 Å². The zero-order valence-electron chi connectivity index (χ0n) is 16.8. The van der Waals surface area contributed by atoms with E-state index in [0.29, 0.717) is 25.9 Å². The number of amides is 1. The van der Waals surface area contributed by atoms with Gasteiger partial charge < -0.3 is 4.90 Å². The lowest BCUT2D eigenvalue weighted by atomic mass is 10.1. The quantitative estimate of drug-likeness (QED) is 0.747. The molecular formula is C22H28N2O3S. The monoisotopic (exact) mass is 400 g/mol. The molecule has 0 bridgehead atoms. The minimum absolute atomic E-state index is 0.146. The molecule has 5 nitrogen and oxygen atoms in total. The molecule has 1 fully saturated rings. The van der Waals surface area contributed by atoms with Crippen molar-refractivity contribution in [1.29, 1.82) is 0 Å². The number of hydrogen-bond donors (Lipinski definition) is 0. The van der Waals surface area contributed by atoms with Crippen LogP contribution < -0.4 is 0 Å². The summed E-state index contributed by atoms with van der Waals surface area (Å²) in [6.07, 6.45) is 2.23. The molecule has 28 heavy (non-hydrogen) atoms. The predicted molar refractivity (Wildman–Crippen MR) is 110 cm³/mol. The number of carbonyl (C=O) groups excluding carboxylic acids is 1. The summed E-state index contributed by atoms with van der Waals surface area (Å²) in [7, 11) is -1.94. The average Bonchev–Trinajstić information content (AvgIpc) is 3.19. The van der Waals surface area contributed by atoms with Crippen LogP contribution in [0.4, 0.5) is 0 Å². The Labute approximate surface area is 168 Å². The summed E-state index contributed by atoms with van der Waals surface area (Å²) in [5.74, 6) is -0.146. The maximum atomic E-state index is 13.1. The number of hydrogen-bond acceptors (Lipinski definition) is 3. The van der Waals surface area contributed by atoms with Crippen LogP contribution >= 0.6 is 0 Å². The van der Waals surface area contributed by atoms with Crippen molar-refractivity contribution in [2.24, 2.45) is 0 Å². The Balaban J connectivity index is 1.75. The summed E-state index contributed by atoms with van der Waals surface area (Å²) in [6.45, 7) is 4.87. The molecule has 0 aromatic heterocycles. The first kappa shape index (κ1) is 20.6.